The Labute approximate surface area is 141 Å². The number of amides is 2. The summed E-state index contributed by atoms with van der Waals surface area (Å²) in [6.07, 6.45) is 5.09. The van der Waals surface area contributed by atoms with Gasteiger partial charge in [0.25, 0.3) is 0 Å². The summed E-state index contributed by atoms with van der Waals surface area (Å²) in [5.41, 5.74) is 0.631. The molecule has 2 atom stereocenters. The summed E-state index contributed by atoms with van der Waals surface area (Å²) < 4.78 is 25.6. The van der Waals surface area contributed by atoms with Gasteiger partial charge in [-0.15, -0.1) is 0 Å². The van der Waals surface area contributed by atoms with Gasteiger partial charge in [-0.1, -0.05) is 24.3 Å². The van der Waals surface area contributed by atoms with E-state index >= 15 is 0 Å². The molecule has 0 radical (unpaired) electrons. The van der Waals surface area contributed by atoms with E-state index in [9.17, 15) is 18.0 Å². The SMILES string of the molecule is CN(C)S(=O)(=O)c1cccc(CN2C(=O)[C@H]3CC=CC[C@@H]3C2=O)c1. The zero-order valence-corrected chi connectivity index (χ0v) is 14.5. The molecule has 128 valence electrons. The van der Waals surface area contributed by atoms with E-state index in [4.69, 9.17) is 0 Å². The quantitative estimate of drug-likeness (QED) is 0.609. The molecule has 0 saturated carbocycles. The smallest absolute Gasteiger partial charge is 0.242 e. The Hall–Kier alpha value is -1.99. The predicted molar refractivity (Wildman–Crippen MR) is 88.2 cm³/mol. The number of hydrogen-bond acceptors (Lipinski definition) is 4. The van der Waals surface area contributed by atoms with Crippen LogP contribution in [0.1, 0.15) is 18.4 Å². The molecule has 2 aliphatic rings. The first-order valence-corrected chi connectivity index (χ1v) is 9.28. The van der Waals surface area contributed by atoms with Gasteiger partial charge in [-0.05, 0) is 30.5 Å². The highest BCUT2D eigenvalue weighted by atomic mass is 32.2. The number of allylic oxidation sites excluding steroid dienone is 2. The molecular formula is C17H20N2O4S. The van der Waals surface area contributed by atoms with Crippen LogP contribution < -0.4 is 0 Å². The molecule has 1 heterocycles. The molecule has 0 bridgehead atoms. The van der Waals surface area contributed by atoms with Crippen molar-refractivity contribution in [1.29, 1.82) is 0 Å². The highest BCUT2D eigenvalue weighted by Gasteiger charge is 2.46. The number of rotatable bonds is 4. The van der Waals surface area contributed by atoms with Gasteiger partial charge >= 0.3 is 0 Å². The summed E-state index contributed by atoms with van der Waals surface area (Å²) in [5.74, 6) is -0.849. The highest BCUT2D eigenvalue weighted by Crippen LogP contribution is 2.35. The second kappa shape index (κ2) is 6.14. The van der Waals surface area contributed by atoms with Crippen LogP contribution in [0.4, 0.5) is 0 Å². The minimum Gasteiger partial charge on any atom is -0.278 e. The first-order valence-electron chi connectivity index (χ1n) is 7.84. The van der Waals surface area contributed by atoms with Crippen molar-refractivity contribution in [3.8, 4) is 0 Å². The lowest BCUT2D eigenvalue weighted by molar-refractivity contribution is -0.140. The molecule has 0 spiro atoms. The Morgan fingerprint density at radius 2 is 1.67 bits per heavy atom. The third-order valence-corrected chi connectivity index (χ3v) is 6.43. The molecule has 24 heavy (non-hydrogen) atoms. The zero-order chi connectivity index (χ0) is 17.5. The second-order valence-corrected chi connectivity index (χ2v) is 8.51. The Kier molecular flexibility index (Phi) is 4.31. The number of imide groups is 1. The molecule has 0 N–H and O–H groups in total. The molecule has 0 aromatic heterocycles. The number of carbonyl (C=O) groups excluding carboxylic acids is 2. The van der Waals surface area contributed by atoms with E-state index < -0.39 is 10.0 Å². The third kappa shape index (κ3) is 2.78. The van der Waals surface area contributed by atoms with Crippen LogP contribution in [-0.4, -0.2) is 43.5 Å². The maximum Gasteiger partial charge on any atom is 0.242 e. The minimum absolute atomic E-state index is 0.113. The monoisotopic (exact) mass is 348 g/mol. The van der Waals surface area contributed by atoms with Gasteiger partial charge in [0, 0.05) is 14.1 Å². The Morgan fingerprint density at radius 1 is 1.08 bits per heavy atom. The molecule has 0 unspecified atom stereocenters. The van der Waals surface area contributed by atoms with Gasteiger partial charge in [0.2, 0.25) is 21.8 Å². The second-order valence-electron chi connectivity index (χ2n) is 6.35. The summed E-state index contributed by atoms with van der Waals surface area (Å²) in [5, 5.41) is 0. The van der Waals surface area contributed by atoms with Crippen LogP contribution in [0.3, 0.4) is 0 Å². The number of fused-ring (bicyclic) bond motifs is 1. The van der Waals surface area contributed by atoms with Gasteiger partial charge in [-0.2, -0.15) is 0 Å². The average Bonchev–Trinajstić information content (AvgIpc) is 2.80. The van der Waals surface area contributed by atoms with E-state index in [0.717, 1.165) is 4.31 Å². The molecule has 7 heteroatoms. The van der Waals surface area contributed by atoms with E-state index in [1.54, 1.807) is 12.1 Å². The van der Waals surface area contributed by atoms with E-state index in [0.29, 0.717) is 18.4 Å². The lowest BCUT2D eigenvalue weighted by Gasteiger charge is -2.16. The van der Waals surface area contributed by atoms with E-state index in [2.05, 4.69) is 0 Å². The van der Waals surface area contributed by atoms with Crippen LogP contribution in [-0.2, 0) is 26.2 Å². The lowest BCUT2D eigenvalue weighted by Crippen LogP contribution is -2.30. The number of nitrogens with zero attached hydrogens (tertiary/aromatic N) is 2. The minimum atomic E-state index is -3.55. The Balaban J connectivity index is 1.85. The van der Waals surface area contributed by atoms with E-state index in [1.807, 2.05) is 12.2 Å². The molecule has 1 fully saturated rings. The topological polar surface area (TPSA) is 74.8 Å². The van der Waals surface area contributed by atoms with Crippen molar-refractivity contribution >= 4 is 21.8 Å². The summed E-state index contributed by atoms with van der Waals surface area (Å²) in [6, 6.07) is 6.40. The molecule has 3 rings (SSSR count). The fourth-order valence-electron chi connectivity index (χ4n) is 3.22. The summed E-state index contributed by atoms with van der Waals surface area (Å²) in [6.45, 7) is 0.113. The number of benzene rings is 1. The van der Waals surface area contributed by atoms with Crippen molar-refractivity contribution in [3.63, 3.8) is 0 Å². The Morgan fingerprint density at radius 3 is 2.21 bits per heavy atom. The van der Waals surface area contributed by atoms with Crippen LogP contribution in [0.15, 0.2) is 41.3 Å². The number of likely N-dealkylation sites (tertiary alicyclic amines) is 1. The first-order chi connectivity index (χ1) is 11.3. The van der Waals surface area contributed by atoms with Crippen molar-refractivity contribution in [2.75, 3.05) is 14.1 Å². The van der Waals surface area contributed by atoms with Crippen LogP contribution in [0.5, 0.6) is 0 Å². The first kappa shape index (κ1) is 16.9. The van der Waals surface area contributed by atoms with Gasteiger partial charge in [0.1, 0.15) is 0 Å². The fraction of sp³-hybridized carbons (Fsp3) is 0.412. The molecule has 1 saturated heterocycles. The lowest BCUT2D eigenvalue weighted by atomic mass is 9.85. The van der Waals surface area contributed by atoms with Crippen LogP contribution in [0.25, 0.3) is 0 Å². The largest absolute Gasteiger partial charge is 0.278 e. The Bertz CT molecular complexity index is 788. The average molecular weight is 348 g/mol. The third-order valence-electron chi connectivity index (χ3n) is 4.62. The summed E-state index contributed by atoms with van der Waals surface area (Å²) >= 11 is 0. The van der Waals surface area contributed by atoms with Crippen molar-refractivity contribution < 1.29 is 18.0 Å². The number of hydrogen-bond donors (Lipinski definition) is 0. The predicted octanol–water partition coefficient (Wildman–Crippen LogP) is 1.39. The summed E-state index contributed by atoms with van der Waals surface area (Å²) in [7, 11) is -0.615. The molecular weight excluding hydrogens is 328 g/mol. The van der Waals surface area contributed by atoms with Crippen LogP contribution >= 0.6 is 0 Å². The molecule has 1 aromatic carbocycles. The van der Waals surface area contributed by atoms with Crippen LogP contribution in [0, 0.1) is 11.8 Å². The molecule has 6 nitrogen and oxygen atoms in total. The number of carbonyl (C=O) groups is 2. The van der Waals surface area contributed by atoms with Crippen molar-refractivity contribution in [1.82, 2.24) is 9.21 Å². The standard InChI is InChI=1S/C17H20N2O4S/c1-18(2)24(22,23)13-7-5-6-12(10-13)11-19-16(20)14-8-3-4-9-15(14)17(19)21/h3-7,10,14-15H,8-9,11H2,1-2H3/t14-,15-/m0/s1. The van der Waals surface area contributed by atoms with Gasteiger partial charge in [-0.25, -0.2) is 12.7 Å². The normalized spacial score (nSPS) is 23.9. The molecule has 2 amide bonds. The van der Waals surface area contributed by atoms with E-state index in [1.165, 1.54) is 31.1 Å². The van der Waals surface area contributed by atoms with Gasteiger partial charge in [0.05, 0.1) is 23.3 Å². The van der Waals surface area contributed by atoms with Crippen molar-refractivity contribution in [2.45, 2.75) is 24.3 Å². The zero-order valence-electron chi connectivity index (χ0n) is 13.7. The maximum atomic E-state index is 12.5. The molecule has 1 aromatic rings. The maximum absolute atomic E-state index is 12.5. The van der Waals surface area contributed by atoms with E-state index in [-0.39, 0.29) is 35.1 Å². The summed E-state index contributed by atoms with van der Waals surface area (Å²) in [4.78, 5) is 26.4. The van der Waals surface area contributed by atoms with Crippen molar-refractivity contribution in [2.24, 2.45) is 11.8 Å². The molecule has 1 aliphatic carbocycles. The van der Waals surface area contributed by atoms with Gasteiger partial charge in [0.15, 0.2) is 0 Å². The van der Waals surface area contributed by atoms with Crippen LogP contribution in [0.2, 0.25) is 0 Å². The van der Waals surface area contributed by atoms with Gasteiger partial charge < -0.3 is 0 Å². The fourth-order valence-corrected chi connectivity index (χ4v) is 4.19. The van der Waals surface area contributed by atoms with Crippen molar-refractivity contribution in [3.05, 3.63) is 42.0 Å². The number of sulfonamides is 1. The highest BCUT2D eigenvalue weighted by molar-refractivity contribution is 7.89. The van der Waals surface area contributed by atoms with Gasteiger partial charge in [-0.3, -0.25) is 14.5 Å². The molecule has 1 aliphatic heterocycles.